The maximum atomic E-state index is 12.2. The van der Waals surface area contributed by atoms with Crippen LogP contribution in [-0.4, -0.2) is 17.9 Å². The van der Waals surface area contributed by atoms with E-state index in [0.717, 1.165) is 22.6 Å². The van der Waals surface area contributed by atoms with E-state index in [1.807, 2.05) is 57.3 Å². The van der Waals surface area contributed by atoms with Crippen molar-refractivity contribution in [1.82, 2.24) is 10.3 Å². The molecule has 0 aliphatic rings. The van der Waals surface area contributed by atoms with Gasteiger partial charge in [-0.1, -0.05) is 12.1 Å². The number of nitrogens with zero attached hydrogens (tertiary/aromatic N) is 1. The average Bonchev–Trinajstić information content (AvgIpc) is 2.44. The second kappa shape index (κ2) is 6.19. The van der Waals surface area contributed by atoms with Gasteiger partial charge in [0.25, 0.3) is 5.91 Å². The van der Waals surface area contributed by atoms with Crippen LogP contribution in [0.2, 0.25) is 0 Å². The summed E-state index contributed by atoms with van der Waals surface area (Å²) in [7, 11) is 1.81. The molecule has 1 aromatic heterocycles. The molecule has 1 aromatic carbocycles. The van der Waals surface area contributed by atoms with E-state index in [4.69, 9.17) is 0 Å². The zero-order chi connectivity index (χ0) is 14.5. The molecule has 4 nitrogen and oxygen atoms in total. The van der Waals surface area contributed by atoms with Gasteiger partial charge in [-0.2, -0.15) is 0 Å². The molecule has 0 aliphatic carbocycles. The minimum Gasteiger partial charge on any atom is -0.387 e. The molecule has 20 heavy (non-hydrogen) atoms. The molecule has 1 heterocycles. The number of hydrogen-bond donors (Lipinski definition) is 2. The third-order valence-corrected chi connectivity index (χ3v) is 3.07. The molecular weight excluding hydrogens is 250 g/mol. The average molecular weight is 269 g/mol. The lowest BCUT2D eigenvalue weighted by molar-refractivity contribution is 0.0951. The lowest BCUT2D eigenvalue weighted by Crippen LogP contribution is -2.24. The van der Waals surface area contributed by atoms with E-state index in [9.17, 15) is 4.79 Å². The van der Waals surface area contributed by atoms with Crippen molar-refractivity contribution in [3.63, 3.8) is 0 Å². The summed E-state index contributed by atoms with van der Waals surface area (Å²) in [5.74, 6) is -0.0994. The second-order valence-corrected chi connectivity index (χ2v) is 4.75. The van der Waals surface area contributed by atoms with Crippen LogP contribution < -0.4 is 10.6 Å². The van der Waals surface area contributed by atoms with E-state index in [1.54, 1.807) is 0 Å². The molecule has 0 aliphatic heterocycles. The molecule has 1 amide bonds. The summed E-state index contributed by atoms with van der Waals surface area (Å²) >= 11 is 0. The van der Waals surface area contributed by atoms with Crippen molar-refractivity contribution >= 4 is 11.6 Å². The second-order valence-electron chi connectivity index (χ2n) is 4.75. The largest absolute Gasteiger partial charge is 0.387 e. The van der Waals surface area contributed by atoms with Crippen LogP contribution in [0.1, 0.15) is 27.3 Å². The lowest BCUT2D eigenvalue weighted by Gasteiger charge is -2.10. The Morgan fingerprint density at radius 2 is 2.00 bits per heavy atom. The first kappa shape index (κ1) is 14.1. The number of aromatic nitrogens is 1. The van der Waals surface area contributed by atoms with Gasteiger partial charge in [0.15, 0.2) is 0 Å². The first-order valence-electron chi connectivity index (χ1n) is 6.59. The van der Waals surface area contributed by atoms with Crippen LogP contribution in [0.3, 0.4) is 0 Å². The SMILES string of the molecule is CNc1cc(C)ccc1C(=O)NCc1cccc(C)n1. The number of pyridine rings is 1. The van der Waals surface area contributed by atoms with Crippen molar-refractivity contribution in [2.75, 3.05) is 12.4 Å². The Morgan fingerprint density at radius 1 is 1.20 bits per heavy atom. The van der Waals surface area contributed by atoms with Gasteiger partial charge in [0.2, 0.25) is 0 Å². The van der Waals surface area contributed by atoms with Gasteiger partial charge in [-0.15, -0.1) is 0 Å². The molecule has 2 N–H and O–H groups in total. The summed E-state index contributed by atoms with van der Waals surface area (Å²) in [5, 5.41) is 5.94. The highest BCUT2D eigenvalue weighted by Crippen LogP contribution is 2.16. The maximum absolute atomic E-state index is 12.2. The van der Waals surface area contributed by atoms with E-state index >= 15 is 0 Å². The van der Waals surface area contributed by atoms with Crippen LogP contribution in [0.15, 0.2) is 36.4 Å². The number of rotatable bonds is 4. The van der Waals surface area contributed by atoms with Crippen molar-refractivity contribution in [1.29, 1.82) is 0 Å². The predicted molar refractivity (Wildman–Crippen MR) is 80.9 cm³/mol. The number of anilines is 1. The summed E-state index contributed by atoms with van der Waals surface area (Å²) in [6.45, 7) is 4.36. The summed E-state index contributed by atoms with van der Waals surface area (Å²) in [6.07, 6.45) is 0. The molecule has 2 rings (SSSR count). The Bertz CT molecular complexity index is 623. The van der Waals surface area contributed by atoms with Crippen molar-refractivity contribution in [2.45, 2.75) is 20.4 Å². The Kier molecular flexibility index (Phi) is 4.35. The number of benzene rings is 1. The lowest BCUT2D eigenvalue weighted by atomic mass is 10.1. The van der Waals surface area contributed by atoms with Crippen molar-refractivity contribution in [3.8, 4) is 0 Å². The number of amides is 1. The number of aryl methyl sites for hydroxylation is 2. The Labute approximate surface area is 119 Å². The number of carbonyl (C=O) groups excluding carboxylic acids is 1. The van der Waals surface area contributed by atoms with Gasteiger partial charge in [0.05, 0.1) is 17.8 Å². The summed E-state index contributed by atoms with van der Waals surface area (Å²) in [5.41, 5.74) is 4.40. The molecular formula is C16H19N3O. The summed E-state index contributed by atoms with van der Waals surface area (Å²) in [6, 6.07) is 11.5. The summed E-state index contributed by atoms with van der Waals surface area (Å²) in [4.78, 5) is 16.6. The van der Waals surface area contributed by atoms with Crippen molar-refractivity contribution < 1.29 is 4.79 Å². The van der Waals surface area contributed by atoms with Gasteiger partial charge < -0.3 is 10.6 Å². The zero-order valence-corrected chi connectivity index (χ0v) is 12.0. The minimum absolute atomic E-state index is 0.0994. The van der Waals surface area contributed by atoms with E-state index in [2.05, 4.69) is 15.6 Å². The van der Waals surface area contributed by atoms with Crippen molar-refractivity contribution in [3.05, 3.63) is 58.9 Å². The monoisotopic (exact) mass is 269 g/mol. The number of carbonyl (C=O) groups is 1. The van der Waals surface area contributed by atoms with Gasteiger partial charge >= 0.3 is 0 Å². The van der Waals surface area contributed by atoms with Crippen LogP contribution in [0.5, 0.6) is 0 Å². The van der Waals surface area contributed by atoms with Crippen LogP contribution in [0, 0.1) is 13.8 Å². The fraction of sp³-hybridized carbons (Fsp3) is 0.250. The molecule has 104 valence electrons. The molecule has 0 fully saturated rings. The Morgan fingerprint density at radius 3 is 2.70 bits per heavy atom. The van der Waals surface area contributed by atoms with E-state index in [-0.39, 0.29) is 5.91 Å². The number of nitrogens with one attached hydrogen (secondary N) is 2. The topological polar surface area (TPSA) is 54.0 Å². The molecule has 0 spiro atoms. The molecule has 0 saturated heterocycles. The molecule has 0 unspecified atom stereocenters. The third-order valence-electron chi connectivity index (χ3n) is 3.07. The number of hydrogen-bond acceptors (Lipinski definition) is 3. The highest BCUT2D eigenvalue weighted by molar-refractivity contribution is 5.99. The fourth-order valence-electron chi connectivity index (χ4n) is 2.03. The molecule has 0 saturated carbocycles. The molecule has 0 radical (unpaired) electrons. The van der Waals surface area contributed by atoms with Gasteiger partial charge in [-0.3, -0.25) is 9.78 Å². The molecule has 0 atom stereocenters. The van der Waals surface area contributed by atoms with E-state index in [1.165, 1.54) is 0 Å². The van der Waals surface area contributed by atoms with Crippen LogP contribution in [-0.2, 0) is 6.54 Å². The quantitative estimate of drug-likeness (QED) is 0.897. The maximum Gasteiger partial charge on any atom is 0.253 e. The smallest absolute Gasteiger partial charge is 0.253 e. The van der Waals surface area contributed by atoms with Crippen molar-refractivity contribution in [2.24, 2.45) is 0 Å². The van der Waals surface area contributed by atoms with Gasteiger partial charge in [0, 0.05) is 18.4 Å². The zero-order valence-electron chi connectivity index (χ0n) is 12.0. The van der Waals surface area contributed by atoms with E-state index < -0.39 is 0 Å². The predicted octanol–water partition coefficient (Wildman–Crippen LogP) is 2.67. The Hall–Kier alpha value is -2.36. The normalized spacial score (nSPS) is 10.2. The molecule has 4 heteroatoms. The van der Waals surface area contributed by atoms with E-state index in [0.29, 0.717) is 12.1 Å². The van der Waals surface area contributed by atoms with Gasteiger partial charge in [-0.05, 0) is 43.7 Å². The minimum atomic E-state index is -0.0994. The highest BCUT2D eigenvalue weighted by Gasteiger charge is 2.10. The molecule has 2 aromatic rings. The Balaban J connectivity index is 2.09. The van der Waals surface area contributed by atoms with Gasteiger partial charge in [-0.25, -0.2) is 0 Å². The fourth-order valence-corrected chi connectivity index (χ4v) is 2.03. The first-order valence-corrected chi connectivity index (χ1v) is 6.59. The summed E-state index contributed by atoms with van der Waals surface area (Å²) < 4.78 is 0. The third kappa shape index (κ3) is 3.35. The highest BCUT2D eigenvalue weighted by atomic mass is 16.1. The van der Waals surface area contributed by atoms with Gasteiger partial charge in [0.1, 0.15) is 0 Å². The van der Waals surface area contributed by atoms with Crippen LogP contribution in [0.4, 0.5) is 5.69 Å². The standard InChI is InChI=1S/C16H19N3O/c1-11-7-8-14(15(9-11)17-3)16(20)18-10-13-6-4-5-12(2)19-13/h4-9,17H,10H2,1-3H3,(H,18,20). The first-order chi connectivity index (χ1) is 9.60. The van der Waals surface area contributed by atoms with Crippen LogP contribution in [0.25, 0.3) is 0 Å². The van der Waals surface area contributed by atoms with Crippen LogP contribution >= 0.6 is 0 Å². The molecule has 0 bridgehead atoms.